The number of ketones is 4. The van der Waals surface area contributed by atoms with Gasteiger partial charge in [0.05, 0.1) is 193 Å². The number of nitrogens with two attached hydrogens (primary N) is 1. The van der Waals surface area contributed by atoms with Gasteiger partial charge in [0.2, 0.25) is 5.91 Å². The number of hydrogen-bond donors (Lipinski definition) is 5. The zero-order valence-electron chi connectivity index (χ0n) is 72.7. The van der Waals surface area contributed by atoms with Gasteiger partial charge in [0.1, 0.15) is 1.37 Å². The monoisotopic (exact) mass is 1760 g/mol. The number of carboxylic acids is 1. The van der Waals surface area contributed by atoms with Crippen molar-refractivity contribution >= 4 is 71.3 Å². The molecule has 1 aliphatic rings. The van der Waals surface area contributed by atoms with Crippen molar-refractivity contribution in [2.24, 2.45) is 16.0 Å². The molecule has 0 saturated carbocycles. The Kier molecular flexibility index (Phi) is 69.3. The molecule has 38 nitrogen and oxygen atoms in total. The number of aromatic hydroxyl groups is 2. The molecule has 125 heavy (non-hydrogen) atoms. The normalized spacial score (nSPS) is 11.4. The van der Waals surface area contributed by atoms with Gasteiger partial charge in [-0.05, 0) is 138 Å². The van der Waals surface area contributed by atoms with Gasteiger partial charge >= 0.3 is 17.9 Å². The summed E-state index contributed by atoms with van der Waals surface area (Å²) >= 11 is 0. The molecule has 0 bridgehead atoms. The molecule has 5 rings (SSSR count). The Morgan fingerprint density at radius 1 is 0.432 bits per heavy atom. The minimum absolute atomic E-state index is 0.00905. The Morgan fingerprint density at radius 3 is 1.07 bits per heavy atom. The molecule has 0 aliphatic carbocycles. The lowest BCUT2D eigenvalue weighted by Crippen LogP contribution is -2.27. The predicted octanol–water partition coefficient (Wildman–Crippen LogP) is 9.88. The number of allylic oxidation sites excluding steroid dienone is 4. The molecule has 4 aromatic rings. The highest BCUT2D eigenvalue weighted by atomic mass is 16.6. The lowest BCUT2D eigenvalue weighted by molar-refractivity contribution is -0.138. The Bertz CT molecular complexity index is 3970. The van der Waals surface area contributed by atoms with Gasteiger partial charge in [0.15, 0.2) is 69.1 Å². The van der Waals surface area contributed by atoms with Crippen LogP contribution < -0.4 is 39.5 Å². The zero-order chi connectivity index (χ0) is 92.4. The van der Waals surface area contributed by atoms with E-state index in [1.165, 1.54) is 121 Å². The third-order valence-electron chi connectivity index (χ3n) is 15.7. The SMILES string of the molecule is C1CCOC1.COc1cc(/C=C\C(=O)CC(=O)/C=C\c2ccc(OC(=O)CCCC(=O)NCCOCCOCCOCCOCCOCCOCCN=[N+]=[N-])c(OC)c2)ccc1O.COc1cc(/C=C\C(=O)CC(=O)/C=C\c2ccc(OC(=O)CCCC(=O)O)c(OC)c2)ccc1O.[2H]C#C.[N-]=[N+]=NCCCOCCOCCOCCOCCOCCOCCN. The molecule has 0 atom stereocenters. The molecule has 0 radical (unpaired) electrons. The molecule has 1 amide bonds. The minimum atomic E-state index is -0.989. The molecular formula is C87H122N8O30. The molecule has 6 N–H and O–H groups in total. The maximum atomic E-state index is 12.4. The summed E-state index contributed by atoms with van der Waals surface area (Å²) < 4.78 is 106. The van der Waals surface area contributed by atoms with Gasteiger partial charge in [-0.3, -0.25) is 38.4 Å². The Morgan fingerprint density at radius 2 is 0.744 bits per heavy atom. The van der Waals surface area contributed by atoms with E-state index in [-0.39, 0.29) is 103 Å². The number of carbonyl (C=O) groups excluding carboxylic acids is 7. The van der Waals surface area contributed by atoms with Crippen LogP contribution in [-0.2, 0) is 99.9 Å². The number of methoxy groups -OCH3 is 4. The summed E-state index contributed by atoms with van der Waals surface area (Å²) in [5.74, 6) is -2.56. The number of rotatable bonds is 68. The molecule has 1 heterocycles. The number of terminal acetylenes is 1. The zero-order valence-corrected chi connectivity index (χ0v) is 71.7. The van der Waals surface area contributed by atoms with Crippen LogP contribution in [0.25, 0.3) is 45.2 Å². The molecule has 0 unspecified atom stereocenters. The number of aliphatic carboxylic acids is 1. The van der Waals surface area contributed by atoms with E-state index < -0.39 is 41.0 Å². The largest absolute Gasteiger partial charge is 0.504 e. The van der Waals surface area contributed by atoms with Crippen molar-refractivity contribution in [3.63, 3.8) is 0 Å². The van der Waals surface area contributed by atoms with Crippen LogP contribution in [0, 0.1) is 12.8 Å². The third-order valence-corrected chi connectivity index (χ3v) is 15.7. The van der Waals surface area contributed by atoms with E-state index in [1.807, 2.05) is 0 Å². The number of carbonyl (C=O) groups is 8. The van der Waals surface area contributed by atoms with E-state index in [0.717, 1.165) is 19.6 Å². The van der Waals surface area contributed by atoms with Gasteiger partial charge in [-0.2, -0.15) is 0 Å². The van der Waals surface area contributed by atoms with Crippen LogP contribution in [0.1, 0.15) is 94.3 Å². The van der Waals surface area contributed by atoms with Gasteiger partial charge in [-0.1, -0.05) is 58.8 Å². The maximum absolute atomic E-state index is 12.4. The number of amides is 1. The molecule has 1 saturated heterocycles. The smallest absolute Gasteiger partial charge is 0.311 e. The minimum Gasteiger partial charge on any atom is -0.504 e. The number of benzene rings is 4. The highest BCUT2D eigenvalue weighted by Gasteiger charge is 2.16. The number of nitrogens with zero attached hydrogens (tertiary/aromatic N) is 6. The number of esters is 2. The van der Waals surface area contributed by atoms with Crippen molar-refractivity contribution in [2.75, 3.05) is 226 Å². The van der Waals surface area contributed by atoms with Gasteiger partial charge in [0, 0.05) is 81.5 Å². The molecule has 690 valence electrons. The van der Waals surface area contributed by atoms with E-state index in [4.69, 9.17) is 113 Å². The Hall–Kier alpha value is -11.2. The van der Waals surface area contributed by atoms with Crippen LogP contribution in [0.4, 0.5) is 0 Å². The number of carboxylic acid groups (broad SMARTS) is 1. The van der Waals surface area contributed by atoms with Crippen LogP contribution in [-0.4, -0.2) is 289 Å². The first-order valence-corrected chi connectivity index (χ1v) is 40.2. The summed E-state index contributed by atoms with van der Waals surface area (Å²) in [5, 5.41) is 37.4. The van der Waals surface area contributed by atoms with Crippen molar-refractivity contribution in [2.45, 2.75) is 70.6 Å². The summed E-state index contributed by atoms with van der Waals surface area (Å²) in [5.41, 5.74) is 24.0. The fourth-order valence-corrected chi connectivity index (χ4v) is 9.58. The van der Waals surface area contributed by atoms with Crippen molar-refractivity contribution in [1.82, 2.24) is 5.32 Å². The van der Waals surface area contributed by atoms with Crippen LogP contribution in [0.3, 0.4) is 0 Å². The summed E-state index contributed by atoms with van der Waals surface area (Å²) in [6, 6.07) is 18.6. The predicted molar refractivity (Wildman–Crippen MR) is 462 cm³/mol. The van der Waals surface area contributed by atoms with Crippen LogP contribution in [0.2, 0.25) is 0 Å². The number of ether oxygens (including phenoxy) is 19. The average Bonchev–Trinajstić information content (AvgIpc) is 1.17. The summed E-state index contributed by atoms with van der Waals surface area (Å²) in [4.78, 5) is 101. The van der Waals surface area contributed by atoms with E-state index in [1.54, 1.807) is 48.5 Å². The van der Waals surface area contributed by atoms with E-state index in [0.29, 0.717) is 207 Å². The Labute approximate surface area is 730 Å². The fraction of sp³-hybridized carbons (Fsp3) is 0.517. The molecule has 0 aromatic heterocycles. The van der Waals surface area contributed by atoms with E-state index in [9.17, 15) is 48.6 Å². The summed E-state index contributed by atoms with van der Waals surface area (Å²) in [7, 11) is 5.64. The number of phenolic OH excluding ortho intramolecular Hbond substituents is 2. The molecule has 0 spiro atoms. The number of hydrogen-bond acceptors (Lipinski definition) is 32. The summed E-state index contributed by atoms with van der Waals surface area (Å²) in [6.07, 6.45) is 20.0. The lowest BCUT2D eigenvalue weighted by Gasteiger charge is -2.10. The standard InChI is InChI=1S/C40H54N4O14.C26H26O9.C15H32N4O6.C4H8O.C2H2/c1-50-37-28-31(8-12-35(37)47)6-10-33(45)30-34(46)11-7-32-9-13-36(38(29-32)51-2)58-40(49)5-3-4-39(48)42-14-16-52-18-20-54-22-24-56-26-27-57-25-23-55-21-19-53-17-15-43-44-41;1-33-23-14-17(8-12-21(23)29)6-10-19(27)16-20(28)11-7-18-9-13-22(24(15-18)34-2)35-26(32)5-3-4-25(30)31;16-2-5-21-7-9-23-11-13-25-15-14-24-12-10-22-8-6-20-4-1-3-18-19-17;1-2-4-5-3-1;1-2/h6-13,28-29,47H,3-5,14-27,30H2,1-2H3,(H,42,48);6-15,29H,3-5,16H2,1-2H3,(H,30,31);1-16H2;1-4H2;1-2H/b2*10-6-,11-7-;;;/i;;;;1D. The third kappa shape index (κ3) is 63.4. The van der Waals surface area contributed by atoms with Gasteiger partial charge in [-0.25, -0.2) is 0 Å². The van der Waals surface area contributed by atoms with Gasteiger partial charge in [0.25, 0.3) is 0 Å². The molecule has 4 aromatic carbocycles. The van der Waals surface area contributed by atoms with E-state index >= 15 is 0 Å². The van der Waals surface area contributed by atoms with Crippen molar-refractivity contribution in [3.05, 3.63) is 140 Å². The lowest BCUT2D eigenvalue weighted by atomic mass is 10.1. The number of azide groups is 2. The maximum Gasteiger partial charge on any atom is 0.311 e. The number of phenols is 2. The first-order chi connectivity index (χ1) is 61.3. The van der Waals surface area contributed by atoms with Crippen molar-refractivity contribution < 1.29 is 145 Å². The van der Waals surface area contributed by atoms with Crippen LogP contribution in [0.5, 0.6) is 46.0 Å². The second-order valence-electron chi connectivity index (χ2n) is 25.4. The summed E-state index contributed by atoms with van der Waals surface area (Å²) in [6.45, 7) is 15.0. The first-order valence-electron chi connectivity index (χ1n) is 40.7. The van der Waals surface area contributed by atoms with Crippen molar-refractivity contribution in [3.8, 4) is 58.8 Å². The second kappa shape index (κ2) is 78.8. The fourth-order valence-electron chi connectivity index (χ4n) is 9.58. The first kappa shape index (κ1) is 110. The highest BCUT2D eigenvalue weighted by Crippen LogP contribution is 2.32. The van der Waals surface area contributed by atoms with Crippen molar-refractivity contribution in [1.29, 1.82) is 0 Å². The molecule has 38 heteroatoms. The molecule has 1 aliphatic heterocycles. The Balaban J connectivity index is 0.000000982. The average molecular weight is 1760 g/mol. The highest BCUT2D eigenvalue weighted by molar-refractivity contribution is 6.11. The second-order valence-corrected chi connectivity index (χ2v) is 25.4. The van der Waals surface area contributed by atoms with Crippen LogP contribution in [0.15, 0.2) is 107 Å². The molecular weight excluding hydrogens is 1640 g/mol. The van der Waals surface area contributed by atoms with Gasteiger partial charge < -0.3 is 116 Å². The molecule has 1 fully saturated rings. The van der Waals surface area contributed by atoms with Gasteiger partial charge in [-0.15, -0.1) is 12.8 Å². The quantitative estimate of drug-likeness (QED) is 0.00316. The van der Waals surface area contributed by atoms with Crippen LogP contribution >= 0.6 is 0 Å². The topological polar surface area (TPSA) is 508 Å². The number of nitrogens with one attached hydrogen (secondary N) is 1. The van der Waals surface area contributed by atoms with E-state index in [2.05, 4.69) is 31.8 Å².